The van der Waals surface area contributed by atoms with Gasteiger partial charge in [-0.25, -0.2) is 0 Å². The van der Waals surface area contributed by atoms with Crippen LogP contribution >= 0.6 is 0 Å². The molecular formula is C26H30N2O4. The van der Waals surface area contributed by atoms with Gasteiger partial charge in [0, 0.05) is 31.0 Å². The van der Waals surface area contributed by atoms with Crippen LogP contribution in [-0.4, -0.2) is 28.6 Å². The second kappa shape index (κ2) is 9.27. The average molecular weight is 435 g/mol. The number of aromatic amines is 1. The molecule has 4 rings (SSSR count). The molecule has 0 radical (unpaired) electrons. The van der Waals surface area contributed by atoms with Crippen molar-refractivity contribution in [2.75, 3.05) is 6.54 Å². The predicted molar refractivity (Wildman–Crippen MR) is 125 cm³/mol. The Morgan fingerprint density at radius 1 is 1.09 bits per heavy atom. The molecule has 0 saturated heterocycles. The predicted octanol–water partition coefficient (Wildman–Crippen LogP) is 3.37. The Morgan fingerprint density at radius 2 is 1.75 bits per heavy atom. The number of pyridine rings is 1. The van der Waals surface area contributed by atoms with Crippen molar-refractivity contribution in [3.8, 4) is 5.75 Å². The lowest BCUT2D eigenvalue weighted by Gasteiger charge is -2.19. The van der Waals surface area contributed by atoms with Gasteiger partial charge in [0.25, 0.3) is 0 Å². The molecule has 1 aliphatic rings. The maximum atomic E-state index is 11.8. The van der Waals surface area contributed by atoms with Crippen molar-refractivity contribution in [2.24, 2.45) is 0 Å². The Morgan fingerprint density at radius 3 is 2.34 bits per heavy atom. The van der Waals surface area contributed by atoms with Gasteiger partial charge in [-0.15, -0.1) is 0 Å². The van der Waals surface area contributed by atoms with Crippen LogP contribution in [0.4, 0.5) is 0 Å². The molecule has 3 aromatic rings. The van der Waals surface area contributed by atoms with Gasteiger partial charge in [0.05, 0.1) is 11.6 Å². The second-order valence-corrected chi connectivity index (χ2v) is 8.44. The van der Waals surface area contributed by atoms with E-state index < -0.39 is 12.1 Å². The van der Waals surface area contributed by atoms with Crippen molar-refractivity contribution in [1.29, 1.82) is 0 Å². The molecular weight excluding hydrogens is 404 g/mol. The molecule has 1 atom stereocenters. The SMILES string of the molecule is CCc1ccc(CC)c2c1CC(NC[C@@H](O)c1ccc(OC(C)=O)c3[nH]c(=O)ccc13)C2. The van der Waals surface area contributed by atoms with Crippen LogP contribution in [0.2, 0.25) is 0 Å². The zero-order valence-electron chi connectivity index (χ0n) is 18.8. The van der Waals surface area contributed by atoms with Crippen LogP contribution in [0.25, 0.3) is 10.9 Å². The minimum absolute atomic E-state index is 0.277. The van der Waals surface area contributed by atoms with E-state index >= 15 is 0 Å². The highest BCUT2D eigenvalue weighted by Gasteiger charge is 2.26. The number of rotatable bonds is 7. The molecule has 168 valence electrons. The molecule has 2 aromatic carbocycles. The minimum atomic E-state index is -0.769. The highest BCUT2D eigenvalue weighted by Crippen LogP contribution is 2.32. The number of esters is 1. The first-order chi connectivity index (χ1) is 15.4. The molecule has 1 heterocycles. The number of ether oxygens (including phenoxy) is 1. The molecule has 6 nitrogen and oxygen atoms in total. The number of aliphatic hydroxyl groups is 1. The summed E-state index contributed by atoms with van der Waals surface area (Å²) in [6, 6.07) is 11.2. The molecule has 0 aliphatic heterocycles. The molecule has 0 unspecified atom stereocenters. The van der Waals surface area contributed by atoms with Crippen LogP contribution in [0.1, 0.15) is 54.7 Å². The van der Waals surface area contributed by atoms with Gasteiger partial charge in [-0.2, -0.15) is 0 Å². The van der Waals surface area contributed by atoms with E-state index in [2.05, 4.69) is 36.3 Å². The highest BCUT2D eigenvalue weighted by molar-refractivity contribution is 5.89. The Kier molecular flexibility index (Phi) is 6.44. The maximum absolute atomic E-state index is 11.8. The molecule has 3 N–H and O–H groups in total. The third-order valence-corrected chi connectivity index (χ3v) is 6.39. The molecule has 0 saturated carbocycles. The molecule has 6 heteroatoms. The lowest BCUT2D eigenvalue weighted by atomic mass is 9.96. The number of carbonyl (C=O) groups is 1. The van der Waals surface area contributed by atoms with E-state index in [0.29, 0.717) is 23.0 Å². The van der Waals surface area contributed by atoms with Gasteiger partial charge in [0.15, 0.2) is 5.75 Å². The number of nitrogens with one attached hydrogen (secondary N) is 2. The first-order valence-electron chi connectivity index (χ1n) is 11.3. The third kappa shape index (κ3) is 4.33. The van der Waals surface area contributed by atoms with E-state index in [1.54, 1.807) is 18.2 Å². The summed E-state index contributed by atoms with van der Waals surface area (Å²) >= 11 is 0. The molecule has 1 aliphatic carbocycles. The lowest BCUT2D eigenvalue weighted by Crippen LogP contribution is -2.33. The first-order valence-corrected chi connectivity index (χ1v) is 11.3. The Labute approximate surface area is 187 Å². The second-order valence-electron chi connectivity index (χ2n) is 8.44. The van der Waals surface area contributed by atoms with Crippen LogP contribution in [0.5, 0.6) is 5.75 Å². The van der Waals surface area contributed by atoms with Crippen molar-refractivity contribution < 1.29 is 14.6 Å². The zero-order valence-corrected chi connectivity index (χ0v) is 18.8. The monoisotopic (exact) mass is 434 g/mol. The fraction of sp³-hybridized carbons (Fsp3) is 0.385. The molecule has 0 spiro atoms. The maximum Gasteiger partial charge on any atom is 0.308 e. The summed E-state index contributed by atoms with van der Waals surface area (Å²) in [5.41, 5.74) is 6.56. The first kappa shape index (κ1) is 22.2. The molecule has 1 aromatic heterocycles. The summed E-state index contributed by atoms with van der Waals surface area (Å²) in [6.07, 6.45) is 3.23. The van der Waals surface area contributed by atoms with E-state index in [-0.39, 0.29) is 17.4 Å². The van der Waals surface area contributed by atoms with E-state index in [1.165, 1.54) is 35.2 Å². The van der Waals surface area contributed by atoms with Crippen LogP contribution in [0.15, 0.2) is 41.2 Å². The van der Waals surface area contributed by atoms with Crippen LogP contribution in [-0.2, 0) is 30.5 Å². The van der Waals surface area contributed by atoms with Gasteiger partial charge in [0.1, 0.15) is 0 Å². The molecule has 0 amide bonds. The van der Waals surface area contributed by atoms with Crippen molar-refractivity contribution in [1.82, 2.24) is 10.3 Å². The topological polar surface area (TPSA) is 91.4 Å². The number of hydrogen-bond donors (Lipinski definition) is 3. The summed E-state index contributed by atoms with van der Waals surface area (Å²) in [7, 11) is 0. The summed E-state index contributed by atoms with van der Waals surface area (Å²) in [4.78, 5) is 26.0. The zero-order chi connectivity index (χ0) is 22.8. The highest BCUT2D eigenvalue weighted by atomic mass is 16.5. The largest absolute Gasteiger partial charge is 0.424 e. The summed E-state index contributed by atoms with van der Waals surface area (Å²) in [5, 5.41) is 15.2. The minimum Gasteiger partial charge on any atom is -0.424 e. The molecule has 0 fully saturated rings. The van der Waals surface area contributed by atoms with Crippen LogP contribution < -0.4 is 15.6 Å². The lowest BCUT2D eigenvalue weighted by molar-refractivity contribution is -0.131. The van der Waals surface area contributed by atoms with Crippen molar-refractivity contribution in [3.05, 3.63) is 74.6 Å². The van der Waals surface area contributed by atoms with Gasteiger partial charge in [-0.05, 0) is 65.6 Å². The number of fused-ring (bicyclic) bond motifs is 2. The Balaban J connectivity index is 1.53. The van der Waals surface area contributed by atoms with E-state index in [1.807, 2.05) is 0 Å². The molecule has 32 heavy (non-hydrogen) atoms. The van der Waals surface area contributed by atoms with Crippen LogP contribution in [0.3, 0.4) is 0 Å². The van der Waals surface area contributed by atoms with Crippen LogP contribution in [0, 0.1) is 0 Å². The van der Waals surface area contributed by atoms with E-state index in [4.69, 9.17) is 4.74 Å². The summed E-state index contributed by atoms with van der Waals surface area (Å²) in [5.74, 6) is -0.191. The number of carbonyl (C=O) groups excluding carboxylic acids is 1. The fourth-order valence-corrected chi connectivity index (χ4v) is 4.84. The summed E-state index contributed by atoms with van der Waals surface area (Å²) in [6.45, 7) is 6.09. The van der Waals surface area contributed by atoms with Gasteiger partial charge in [0.2, 0.25) is 5.56 Å². The van der Waals surface area contributed by atoms with Gasteiger partial charge in [-0.1, -0.05) is 32.0 Å². The fourth-order valence-electron chi connectivity index (χ4n) is 4.84. The number of H-pyrrole nitrogens is 1. The number of aliphatic hydroxyl groups excluding tert-OH is 1. The van der Waals surface area contributed by atoms with Crippen molar-refractivity contribution in [2.45, 2.75) is 58.6 Å². The quantitative estimate of drug-likeness (QED) is 0.392. The van der Waals surface area contributed by atoms with E-state index in [0.717, 1.165) is 25.7 Å². The van der Waals surface area contributed by atoms with Gasteiger partial charge in [-0.3, -0.25) is 9.59 Å². The Hall–Kier alpha value is -2.96. The number of benzene rings is 2. The standard InChI is InChI=1S/C26H30N2O4/c1-4-16-6-7-17(5-2)22-13-18(12-21(16)22)27-14-23(30)19-8-10-24(32-15(3)29)26-20(19)9-11-25(31)28-26/h6-11,18,23,27,30H,4-5,12-14H2,1-3H3,(H,28,31)/t23-/m1/s1. The van der Waals surface area contributed by atoms with Crippen molar-refractivity contribution >= 4 is 16.9 Å². The van der Waals surface area contributed by atoms with Gasteiger partial charge < -0.3 is 20.1 Å². The average Bonchev–Trinajstić information content (AvgIpc) is 3.21. The normalized spacial score (nSPS) is 14.5. The third-order valence-electron chi connectivity index (χ3n) is 6.39. The number of hydrogen-bond acceptors (Lipinski definition) is 5. The number of aryl methyl sites for hydroxylation is 2. The number of aromatic nitrogens is 1. The molecule has 0 bridgehead atoms. The Bertz CT molecular complexity index is 1180. The van der Waals surface area contributed by atoms with E-state index in [9.17, 15) is 14.7 Å². The summed E-state index contributed by atoms with van der Waals surface area (Å²) < 4.78 is 5.23. The van der Waals surface area contributed by atoms with Crippen molar-refractivity contribution in [3.63, 3.8) is 0 Å². The van der Waals surface area contributed by atoms with Gasteiger partial charge >= 0.3 is 5.97 Å². The smallest absolute Gasteiger partial charge is 0.308 e.